The minimum absolute atomic E-state index is 0.196. The second kappa shape index (κ2) is 7.24. The molecule has 0 aromatic heterocycles. The molecule has 0 bridgehead atoms. The van der Waals surface area contributed by atoms with Gasteiger partial charge in [0.15, 0.2) is 0 Å². The molecule has 0 aliphatic rings. The van der Waals surface area contributed by atoms with Crippen LogP contribution in [0.4, 0.5) is 0 Å². The largest absolute Gasteiger partial charge is 0.393 e. The summed E-state index contributed by atoms with van der Waals surface area (Å²) in [5.74, 6) is 0. The lowest BCUT2D eigenvalue weighted by molar-refractivity contribution is 0.164. The molecule has 1 N–H and O–H groups in total. The standard InChI is InChI=1S/C14H20O/c1-2-8-14(15)12-7-6-11-13-9-4-3-5-10-13/h2-5,9-10,14-15H,1,6-8,11-12H2. The van der Waals surface area contributed by atoms with E-state index in [0.717, 1.165) is 25.7 Å². The Morgan fingerprint density at radius 1 is 1.20 bits per heavy atom. The first-order valence-corrected chi connectivity index (χ1v) is 5.66. The van der Waals surface area contributed by atoms with Crippen LogP contribution in [0.5, 0.6) is 0 Å². The molecule has 0 saturated heterocycles. The van der Waals surface area contributed by atoms with Gasteiger partial charge in [-0.1, -0.05) is 42.8 Å². The van der Waals surface area contributed by atoms with Gasteiger partial charge >= 0.3 is 0 Å². The van der Waals surface area contributed by atoms with Crippen LogP contribution in [0, 0.1) is 0 Å². The molecule has 0 spiro atoms. The van der Waals surface area contributed by atoms with Crippen LogP contribution in [0.25, 0.3) is 0 Å². The van der Waals surface area contributed by atoms with E-state index in [4.69, 9.17) is 0 Å². The first kappa shape index (κ1) is 12.0. The molecule has 0 heterocycles. The van der Waals surface area contributed by atoms with Gasteiger partial charge in [-0.05, 0) is 31.2 Å². The third kappa shape index (κ3) is 5.38. The predicted molar refractivity (Wildman–Crippen MR) is 64.8 cm³/mol. The summed E-state index contributed by atoms with van der Waals surface area (Å²) in [6.07, 6.45) is 6.54. The molecular weight excluding hydrogens is 184 g/mol. The highest BCUT2D eigenvalue weighted by Crippen LogP contribution is 2.09. The molecule has 1 unspecified atom stereocenters. The van der Waals surface area contributed by atoms with Crippen LogP contribution in [0.1, 0.15) is 31.2 Å². The van der Waals surface area contributed by atoms with E-state index in [-0.39, 0.29) is 6.10 Å². The van der Waals surface area contributed by atoms with Crippen molar-refractivity contribution in [3.63, 3.8) is 0 Å². The van der Waals surface area contributed by atoms with Gasteiger partial charge in [0.05, 0.1) is 6.10 Å². The Morgan fingerprint density at radius 3 is 2.60 bits per heavy atom. The first-order valence-electron chi connectivity index (χ1n) is 5.66. The summed E-state index contributed by atoms with van der Waals surface area (Å²) >= 11 is 0. The molecule has 1 rings (SSSR count). The van der Waals surface area contributed by atoms with Crippen molar-refractivity contribution in [1.29, 1.82) is 0 Å². The van der Waals surface area contributed by atoms with E-state index in [2.05, 4.69) is 30.8 Å². The molecule has 1 atom stereocenters. The van der Waals surface area contributed by atoms with Crippen LogP contribution in [0.2, 0.25) is 0 Å². The average molecular weight is 204 g/mol. The van der Waals surface area contributed by atoms with E-state index >= 15 is 0 Å². The highest BCUT2D eigenvalue weighted by molar-refractivity contribution is 5.14. The monoisotopic (exact) mass is 204 g/mol. The van der Waals surface area contributed by atoms with E-state index < -0.39 is 0 Å². The lowest BCUT2D eigenvalue weighted by atomic mass is 10.0. The maximum absolute atomic E-state index is 9.48. The second-order valence-corrected chi connectivity index (χ2v) is 3.91. The third-order valence-electron chi connectivity index (χ3n) is 2.53. The van der Waals surface area contributed by atoms with Crippen molar-refractivity contribution in [3.05, 3.63) is 48.6 Å². The van der Waals surface area contributed by atoms with Gasteiger partial charge in [-0.2, -0.15) is 0 Å². The Bertz CT molecular complexity index is 266. The number of hydrogen-bond acceptors (Lipinski definition) is 1. The molecule has 1 aromatic carbocycles. The van der Waals surface area contributed by atoms with E-state index in [1.54, 1.807) is 6.08 Å². The van der Waals surface area contributed by atoms with Crippen molar-refractivity contribution in [1.82, 2.24) is 0 Å². The molecule has 0 aliphatic heterocycles. The highest BCUT2D eigenvalue weighted by Gasteiger charge is 2.00. The van der Waals surface area contributed by atoms with Gasteiger partial charge in [0.1, 0.15) is 0 Å². The summed E-state index contributed by atoms with van der Waals surface area (Å²) in [4.78, 5) is 0. The van der Waals surface area contributed by atoms with Crippen molar-refractivity contribution < 1.29 is 5.11 Å². The van der Waals surface area contributed by atoms with E-state index in [0.29, 0.717) is 6.42 Å². The van der Waals surface area contributed by atoms with Gasteiger partial charge in [-0.15, -0.1) is 6.58 Å². The Kier molecular flexibility index (Phi) is 5.79. The minimum Gasteiger partial charge on any atom is -0.393 e. The number of aliphatic hydroxyl groups is 1. The molecule has 0 radical (unpaired) electrons. The lowest BCUT2D eigenvalue weighted by Gasteiger charge is -2.07. The van der Waals surface area contributed by atoms with Crippen molar-refractivity contribution in [2.75, 3.05) is 0 Å². The Hall–Kier alpha value is -1.08. The quantitative estimate of drug-likeness (QED) is 0.533. The zero-order chi connectivity index (χ0) is 10.9. The molecule has 1 heteroatoms. The van der Waals surface area contributed by atoms with E-state index in [1.807, 2.05) is 6.07 Å². The SMILES string of the molecule is C=CCC(O)CCCCc1ccccc1. The van der Waals surface area contributed by atoms with E-state index in [9.17, 15) is 5.11 Å². The van der Waals surface area contributed by atoms with E-state index in [1.165, 1.54) is 5.56 Å². The zero-order valence-corrected chi connectivity index (χ0v) is 9.23. The molecule has 0 fully saturated rings. The van der Waals surface area contributed by atoms with Crippen molar-refractivity contribution in [3.8, 4) is 0 Å². The zero-order valence-electron chi connectivity index (χ0n) is 9.23. The summed E-state index contributed by atoms with van der Waals surface area (Å²) < 4.78 is 0. The summed E-state index contributed by atoms with van der Waals surface area (Å²) in [6.45, 7) is 3.62. The Balaban J connectivity index is 2.09. The minimum atomic E-state index is -0.196. The number of benzene rings is 1. The first-order chi connectivity index (χ1) is 7.33. The van der Waals surface area contributed by atoms with Gasteiger partial charge in [-0.3, -0.25) is 0 Å². The highest BCUT2D eigenvalue weighted by atomic mass is 16.3. The fraction of sp³-hybridized carbons (Fsp3) is 0.429. The van der Waals surface area contributed by atoms with Crippen molar-refractivity contribution in [2.45, 2.75) is 38.2 Å². The number of rotatable bonds is 7. The van der Waals surface area contributed by atoms with Crippen LogP contribution in [-0.4, -0.2) is 11.2 Å². The van der Waals surface area contributed by atoms with Gasteiger partial charge in [0.2, 0.25) is 0 Å². The summed E-state index contributed by atoms with van der Waals surface area (Å²) in [5, 5.41) is 9.48. The predicted octanol–water partition coefficient (Wildman–Crippen LogP) is 3.34. The smallest absolute Gasteiger partial charge is 0.0574 e. The molecular formula is C14H20O. The van der Waals surface area contributed by atoms with Crippen LogP contribution in [0.3, 0.4) is 0 Å². The summed E-state index contributed by atoms with van der Waals surface area (Å²) in [6, 6.07) is 10.5. The molecule has 82 valence electrons. The van der Waals surface area contributed by atoms with Crippen molar-refractivity contribution in [2.24, 2.45) is 0 Å². The second-order valence-electron chi connectivity index (χ2n) is 3.91. The van der Waals surface area contributed by atoms with Gasteiger partial charge in [0.25, 0.3) is 0 Å². The molecule has 0 saturated carbocycles. The molecule has 1 nitrogen and oxygen atoms in total. The third-order valence-corrected chi connectivity index (χ3v) is 2.53. The number of hydrogen-bond donors (Lipinski definition) is 1. The van der Waals surface area contributed by atoms with Crippen LogP contribution < -0.4 is 0 Å². The summed E-state index contributed by atoms with van der Waals surface area (Å²) in [7, 11) is 0. The fourth-order valence-corrected chi connectivity index (χ4v) is 1.66. The Labute approximate surface area is 92.5 Å². The number of aliphatic hydroxyl groups excluding tert-OH is 1. The average Bonchev–Trinajstić information content (AvgIpc) is 2.26. The molecule has 0 amide bonds. The van der Waals surface area contributed by atoms with Gasteiger partial charge < -0.3 is 5.11 Å². The normalized spacial score (nSPS) is 12.3. The number of aryl methyl sites for hydroxylation is 1. The summed E-state index contributed by atoms with van der Waals surface area (Å²) in [5.41, 5.74) is 1.38. The topological polar surface area (TPSA) is 20.2 Å². The van der Waals surface area contributed by atoms with Crippen LogP contribution >= 0.6 is 0 Å². The van der Waals surface area contributed by atoms with Crippen LogP contribution in [-0.2, 0) is 6.42 Å². The maximum Gasteiger partial charge on any atom is 0.0574 e. The fourth-order valence-electron chi connectivity index (χ4n) is 1.66. The van der Waals surface area contributed by atoms with Crippen LogP contribution in [0.15, 0.2) is 43.0 Å². The Morgan fingerprint density at radius 2 is 1.93 bits per heavy atom. The molecule has 0 aliphatic carbocycles. The molecule has 1 aromatic rings. The maximum atomic E-state index is 9.48. The molecule has 15 heavy (non-hydrogen) atoms. The van der Waals surface area contributed by atoms with Crippen molar-refractivity contribution >= 4 is 0 Å². The van der Waals surface area contributed by atoms with Gasteiger partial charge in [0, 0.05) is 0 Å². The number of unbranched alkanes of at least 4 members (excludes halogenated alkanes) is 1. The van der Waals surface area contributed by atoms with Gasteiger partial charge in [-0.25, -0.2) is 0 Å². The lowest BCUT2D eigenvalue weighted by Crippen LogP contribution is -2.04.